The number of aromatic nitrogens is 2. The van der Waals surface area contributed by atoms with Crippen LogP contribution in [0, 0.1) is 0 Å². The molecule has 144 valence electrons. The van der Waals surface area contributed by atoms with Crippen molar-refractivity contribution in [3.63, 3.8) is 0 Å². The van der Waals surface area contributed by atoms with Crippen molar-refractivity contribution in [3.05, 3.63) is 54.1 Å². The van der Waals surface area contributed by atoms with E-state index in [0.717, 1.165) is 30.6 Å². The van der Waals surface area contributed by atoms with E-state index in [1.165, 1.54) is 12.8 Å². The van der Waals surface area contributed by atoms with Gasteiger partial charge in [0.05, 0.1) is 31.9 Å². The maximum absolute atomic E-state index is 12.8. The Hall–Kier alpha value is -2.18. The summed E-state index contributed by atoms with van der Waals surface area (Å²) in [6.45, 7) is 2.59. The molecule has 1 aliphatic heterocycles. The largest absolute Gasteiger partial charge is 0.370 e. The second kappa shape index (κ2) is 8.67. The molecule has 2 aliphatic rings. The first-order chi connectivity index (χ1) is 13.3. The predicted molar refractivity (Wildman–Crippen MR) is 101 cm³/mol. The Morgan fingerprint density at radius 1 is 1.11 bits per heavy atom. The average Bonchev–Trinajstić information content (AvgIpc) is 3.34. The zero-order valence-electron chi connectivity index (χ0n) is 15.6. The molecule has 6 nitrogen and oxygen atoms in total. The zero-order valence-corrected chi connectivity index (χ0v) is 15.6. The van der Waals surface area contributed by atoms with Crippen molar-refractivity contribution in [1.29, 1.82) is 0 Å². The topological polar surface area (TPSA) is 56.6 Å². The summed E-state index contributed by atoms with van der Waals surface area (Å²) >= 11 is 0. The highest BCUT2D eigenvalue weighted by Crippen LogP contribution is 2.21. The van der Waals surface area contributed by atoms with Crippen LogP contribution in [-0.4, -0.2) is 45.7 Å². The van der Waals surface area contributed by atoms with Crippen molar-refractivity contribution in [2.75, 3.05) is 13.2 Å². The molecule has 2 aromatic heterocycles. The lowest BCUT2D eigenvalue weighted by Gasteiger charge is -2.25. The van der Waals surface area contributed by atoms with E-state index in [1.54, 1.807) is 6.20 Å². The van der Waals surface area contributed by atoms with Gasteiger partial charge in [-0.3, -0.25) is 9.78 Å². The summed E-state index contributed by atoms with van der Waals surface area (Å²) in [4.78, 5) is 18.8. The van der Waals surface area contributed by atoms with Gasteiger partial charge in [0.1, 0.15) is 6.61 Å². The SMILES string of the molecule is O=C(COC1CCCC1)N1Cc2cccn2C[C@H](OCc2cccnc2)C1. The van der Waals surface area contributed by atoms with Crippen LogP contribution in [0.1, 0.15) is 36.9 Å². The Morgan fingerprint density at radius 3 is 2.81 bits per heavy atom. The van der Waals surface area contributed by atoms with E-state index in [-0.39, 0.29) is 24.7 Å². The minimum absolute atomic E-state index is 0.0477. The Balaban J connectivity index is 1.39. The van der Waals surface area contributed by atoms with Gasteiger partial charge in [-0.25, -0.2) is 0 Å². The van der Waals surface area contributed by atoms with Crippen LogP contribution in [0.3, 0.4) is 0 Å². The molecule has 27 heavy (non-hydrogen) atoms. The van der Waals surface area contributed by atoms with Gasteiger partial charge >= 0.3 is 0 Å². The van der Waals surface area contributed by atoms with Crippen LogP contribution in [0.4, 0.5) is 0 Å². The van der Waals surface area contributed by atoms with Crippen LogP contribution in [0.15, 0.2) is 42.9 Å². The lowest BCUT2D eigenvalue weighted by Crippen LogP contribution is -2.39. The molecule has 4 rings (SSSR count). The molecule has 1 atom stereocenters. The van der Waals surface area contributed by atoms with Crippen molar-refractivity contribution in [2.45, 2.75) is 57.6 Å². The summed E-state index contributed by atoms with van der Waals surface area (Å²) in [5, 5.41) is 0. The molecule has 1 amide bonds. The molecular formula is C21H27N3O3. The molecular weight excluding hydrogens is 342 g/mol. The number of ether oxygens (including phenoxy) is 2. The van der Waals surface area contributed by atoms with Crippen LogP contribution in [-0.2, 0) is 34.0 Å². The maximum atomic E-state index is 12.8. The number of nitrogens with zero attached hydrogens (tertiary/aromatic N) is 3. The standard InChI is InChI=1S/C21H27N3O3/c25-21(16-27-19-7-1-2-8-19)24-12-18-6-4-10-23(18)13-20(14-24)26-15-17-5-3-9-22-11-17/h3-6,9-11,19-20H,1-2,7-8,12-16H2/t20-/m0/s1. The van der Waals surface area contributed by atoms with E-state index in [9.17, 15) is 4.79 Å². The van der Waals surface area contributed by atoms with Gasteiger partial charge in [0.15, 0.2) is 0 Å². The zero-order chi connectivity index (χ0) is 18.5. The second-order valence-corrected chi connectivity index (χ2v) is 7.44. The quantitative estimate of drug-likeness (QED) is 0.786. The monoisotopic (exact) mass is 369 g/mol. The molecule has 0 aromatic carbocycles. The normalized spacial score (nSPS) is 20.4. The smallest absolute Gasteiger partial charge is 0.249 e. The number of pyridine rings is 1. The molecule has 0 unspecified atom stereocenters. The summed E-state index contributed by atoms with van der Waals surface area (Å²) in [5.41, 5.74) is 2.17. The van der Waals surface area contributed by atoms with Crippen LogP contribution < -0.4 is 0 Å². The predicted octanol–water partition coefficient (Wildman–Crippen LogP) is 2.77. The average molecular weight is 369 g/mol. The third kappa shape index (κ3) is 4.76. The van der Waals surface area contributed by atoms with Gasteiger partial charge in [-0.15, -0.1) is 0 Å². The molecule has 1 saturated carbocycles. The Labute approximate surface area is 160 Å². The van der Waals surface area contributed by atoms with Crippen LogP contribution in [0.5, 0.6) is 0 Å². The highest BCUT2D eigenvalue weighted by molar-refractivity contribution is 5.77. The Kier molecular flexibility index (Phi) is 5.84. The second-order valence-electron chi connectivity index (χ2n) is 7.44. The van der Waals surface area contributed by atoms with Gasteiger partial charge in [0, 0.05) is 30.8 Å². The van der Waals surface area contributed by atoms with Crippen molar-refractivity contribution in [1.82, 2.24) is 14.5 Å². The number of carbonyl (C=O) groups is 1. The fourth-order valence-electron chi connectivity index (χ4n) is 3.88. The van der Waals surface area contributed by atoms with Gasteiger partial charge in [-0.2, -0.15) is 0 Å². The third-order valence-electron chi connectivity index (χ3n) is 5.41. The van der Waals surface area contributed by atoms with Gasteiger partial charge in [-0.05, 0) is 36.6 Å². The van der Waals surface area contributed by atoms with Crippen molar-refractivity contribution in [2.24, 2.45) is 0 Å². The van der Waals surface area contributed by atoms with E-state index in [4.69, 9.17) is 9.47 Å². The number of carbonyl (C=O) groups excluding carboxylic acids is 1. The van der Waals surface area contributed by atoms with Gasteiger partial charge in [0.25, 0.3) is 0 Å². The third-order valence-corrected chi connectivity index (χ3v) is 5.41. The highest BCUT2D eigenvalue weighted by atomic mass is 16.5. The molecule has 2 aromatic rings. The number of amides is 1. The minimum atomic E-state index is -0.0608. The minimum Gasteiger partial charge on any atom is -0.370 e. The van der Waals surface area contributed by atoms with Crippen molar-refractivity contribution in [3.8, 4) is 0 Å². The summed E-state index contributed by atoms with van der Waals surface area (Å²) in [7, 11) is 0. The van der Waals surface area contributed by atoms with Gasteiger partial charge < -0.3 is 18.9 Å². The molecule has 1 aliphatic carbocycles. The molecule has 0 bridgehead atoms. The van der Waals surface area contributed by atoms with E-state index in [2.05, 4.69) is 21.8 Å². The van der Waals surface area contributed by atoms with Crippen LogP contribution in [0.2, 0.25) is 0 Å². The number of hydrogen-bond acceptors (Lipinski definition) is 4. The summed E-state index contributed by atoms with van der Waals surface area (Å²) in [5.74, 6) is 0.0477. The lowest BCUT2D eigenvalue weighted by atomic mass is 10.3. The molecule has 0 N–H and O–H groups in total. The maximum Gasteiger partial charge on any atom is 0.249 e. The first kappa shape index (κ1) is 18.2. The number of fused-ring (bicyclic) bond motifs is 1. The first-order valence-corrected chi connectivity index (χ1v) is 9.82. The fourth-order valence-corrected chi connectivity index (χ4v) is 3.88. The van der Waals surface area contributed by atoms with E-state index >= 15 is 0 Å². The summed E-state index contributed by atoms with van der Waals surface area (Å²) in [6.07, 6.45) is 10.4. The number of hydrogen-bond donors (Lipinski definition) is 0. The first-order valence-electron chi connectivity index (χ1n) is 9.82. The van der Waals surface area contributed by atoms with Crippen molar-refractivity contribution >= 4 is 5.91 Å². The van der Waals surface area contributed by atoms with E-state index in [0.29, 0.717) is 19.7 Å². The van der Waals surface area contributed by atoms with E-state index in [1.807, 2.05) is 29.3 Å². The molecule has 0 spiro atoms. The molecule has 3 heterocycles. The summed E-state index contributed by atoms with van der Waals surface area (Å²) < 4.78 is 14.2. The van der Waals surface area contributed by atoms with Crippen molar-refractivity contribution < 1.29 is 14.3 Å². The Morgan fingerprint density at radius 2 is 2.00 bits per heavy atom. The highest BCUT2D eigenvalue weighted by Gasteiger charge is 2.26. The van der Waals surface area contributed by atoms with E-state index < -0.39 is 0 Å². The lowest BCUT2D eigenvalue weighted by molar-refractivity contribution is -0.140. The Bertz CT molecular complexity index is 740. The van der Waals surface area contributed by atoms with Gasteiger partial charge in [0.2, 0.25) is 5.91 Å². The molecule has 0 saturated heterocycles. The van der Waals surface area contributed by atoms with Gasteiger partial charge in [-0.1, -0.05) is 18.9 Å². The fraction of sp³-hybridized carbons (Fsp3) is 0.524. The van der Waals surface area contributed by atoms with Crippen LogP contribution in [0.25, 0.3) is 0 Å². The summed E-state index contributed by atoms with van der Waals surface area (Å²) in [6, 6.07) is 8.01. The molecule has 0 radical (unpaired) electrons. The molecule has 1 fully saturated rings. The number of rotatable bonds is 6. The van der Waals surface area contributed by atoms with Crippen LogP contribution >= 0.6 is 0 Å². The molecule has 6 heteroatoms.